The van der Waals surface area contributed by atoms with Crippen LogP contribution in [0.15, 0.2) is 53.4 Å². The standard InChI is InChI=1S/C17H16N2O3S/c1-22-16-10-11-19(15-8-4-3-7-14(15)16)23(20,21)17-9-5-2-6-13(17)12-18/h2-9,16H,10-11H2,1H3. The molecule has 0 aromatic heterocycles. The van der Waals surface area contributed by atoms with Gasteiger partial charge in [0.25, 0.3) is 10.0 Å². The van der Waals surface area contributed by atoms with Crippen LogP contribution in [0.4, 0.5) is 5.69 Å². The van der Waals surface area contributed by atoms with Gasteiger partial charge in [-0.3, -0.25) is 4.31 Å². The maximum Gasteiger partial charge on any atom is 0.265 e. The molecule has 5 nitrogen and oxygen atoms in total. The van der Waals surface area contributed by atoms with Gasteiger partial charge in [-0.2, -0.15) is 5.26 Å². The molecule has 0 spiro atoms. The summed E-state index contributed by atoms with van der Waals surface area (Å²) in [4.78, 5) is 0.0353. The van der Waals surface area contributed by atoms with E-state index in [4.69, 9.17) is 4.74 Å². The maximum absolute atomic E-state index is 13.1. The number of benzene rings is 2. The molecule has 0 amide bonds. The number of nitriles is 1. The van der Waals surface area contributed by atoms with Gasteiger partial charge in [-0.15, -0.1) is 0 Å². The number of sulfonamides is 1. The SMILES string of the molecule is COC1CCN(S(=O)(=O)c2ccccc2C#N)c2ccccc21. The molecular formula is C17H16N2O3S. The average Bonchev–Trinajstić information content (AvgIpc) is 2.60. The van der Waals surface area contributed by atoms with Gasteiger partial charge in [0.05, 0.1) is 17.4 Å². The van der Waals surface area contributed by atoms with Crippen LogP contribution in [0.1, 0.15) is 23.7 Å². The van der Waals surface area contributed by atoms with E-state index in [0.29, 0.717) is 18.7 Å². The van der Waals surface area contributed by atoms with E-state index in [0.717, 1.165) is 5.56 Å². The van der Waals surface area contributed by atoms with Crippen LogP contribution < -0.4 is 4.31 Å². The van der Waals surface area contributed by atoms with E-state index in [2.05, 4.69) is 0 Å². The summed E-state index contributed by atoms with van der Waals surface area (Å²) in [6.07, 6.45) is 0.449. The second-order valence-corrected chi connectivity index (χ2v) is 7.09. The third-order valence-corrected chi connectivity index (χ3v) is 5.88. The minimum Gasteiger partial charge on any atom is -0.377 e. The molecule has 0 N–H and O–H groups in total. The lowest BCUT2D eigenvalue weighted by Gasteiger charge is -2.34. The molecule has 118 valence electrons. The lowest BCUT2D eigenvalue weighted by atomic mass is 10.0. The molecule has 2 aromatic rings. The Morgan fingerprint density at radius 2 is 1.87 bits per heavy atom. The molecule has 0 fully saturated rings. The van der Waals surface area contributed by atoms with Crippen molar-refractivity contribution in [2.45, 2.75) is 17.4 Å². The Morgan fingerprint density at radius 1 is 1.17 bits per heavy atom. The maximum atomic E-state index is 13.1. The number of anilines is 1. The van der Waals surface area contributed by atoms with Crippen molar-refractivity contribution in [3.8, 4) is 6.07 Å². The molecule has 0 aliphatic carbocycles. The molecule has 1 atom stereocenters. The predicted molar refractivity (Wildman–Crippen MR) is 86.5 cm³/mol. The minimum absolute atomic E-state index is 0.0353. The van der Waals surface area contributed by atoms with Crippen LogP contribution >= 0.6 is 0 Å². The highest BCUT2D eigenvalue weighted by molar-refractivity contribution is 7.92. The van der Waals surface area contributed by atoms with Crippen molar-refractivity contribution < 1.29 is 13.2 Å². The van der Waals surface area contributed by atoms with Crippen molar-refractivity contribution >= 4 is 15.7 Å². The van der Waals surface area contributed by atoms with E-state index in [1.807, 2.05) is 18.2 Å². The van der Waals surface area contributed by atoms with Crippen LogP contribution in [0, 0.1) is 11.3 Å². The van der Waals surface area contributed by atoms with Crippen LogP contribution in [0.2, 0.25) is 0 Å². The molecule has 1 heterocycles. The van der Waals surface area contributed by atoms with Crippen molar-refractivity contribution in [2.24, 2.45) is 0 Å². The molecular weight excluding hydrogens is 312 g/mol. The minimum atomic E-state index is -3.79. The highest BCUT2D eigenvalue weighted by atomic mass is 32.2. The zero-order valence-electron chi connectivity index (χ0n) is 12.6. The average molecular weight is 328 g/mol. The summed E-state index contributed by atoms with van der Waals surface area (Å²) in [5.74, 6) is 0. The molecule has 1 aliphatic rings. The van der Waals surface area contributed by atoms with Crippen LogP contribution in [-0.2, 0) is 14.8 Å². The highest BCUT2D eigenvalue weighted by Crippen LogP contribution is 2.38. The van der Waals surface area contributed by atoms with Gasteiger partial charge in [0.2, 0.25) is 0 Å². The molecule has 0 saturated heterocycles. The smallest absolute Gasteiger partial charge is 0.265 e. The van der Waals surface area contributed by atoms with Crippen LogP contribution in [0.25, 0.3) is 0 Å². The number of methoxy groups -OCH3 is 1. The molecule has 0 bridgehead atoms. The van der Waals surface area contributed by atoms with Crippen LogP contribution in [0.5, 0.6) is 0 Å². The fourth-order valence-corrected chi connectivity index (χ4v) is 4.55. The summed E-state index contributed by atoms with van der Waals surface area (Å²) in [6, 6.07) is 15.5. The van der Waals surface area contributed by atoms with Gasteiger partial charge in [-0.1, -0.05) is 30.3 Å². The highest BCUT2D eigenvalue weighted by Gasteiger charge is 2.34. The summed E-state index contributed by atoms with van der Waals surface area (Å²) in [6.45, 7) is 0.317. The molecule has 23 heavy (non-hydrogen) atoms. The number of rotatable bonds is 3. The number of para-hydroxylation sites is 1. The quantitative estimate of drug-likeness (QED) is 0.868. The fourth-order valence-electron chi connectivity index (χ4n) is 2.89. The topological polar surface area (TPSA) is 70.4 Å². The summed E-state index contributed by atoms with van der Waals surface area (Å²) < 4.78 is 32.9. The van der Waals surface area contributed by atoms with Gasteiger partial charge in [-0.05, 0) is 24.6 Å². The van der Waals surface area contributed by atoms with Crippen LogP contribution in [0.3, 0.4) is 0 Å². The van der Waals surface area contributed by atoms with E-state index < -0.39 is 10.0 Å². The molecule has 1 aliphatic heterocycles. The summed E-state index contributed by atoms with van der Waals surface area (Å²) in [5.41, 5.74) is 1.61. The van der Waals surface area contributed by atoms with Gasteiger partial charge in [0.1, 0.15) is 11.0 Å². The van der Waals surface area contributed by atoms with Gasteiger partial charge in [0, 0.05) is 19.2 Å². The number of nitrogens with zero attached hydrogens (tertiary/aromatic N) is 2. The largest absolute Gasteiger partial charge is 0.377 e. The Hall–Kier alpha value is -2.36. The molecule has 0 saturated carbocycles. The molecule has 1 unspecified atom stereocenters. The monoisotopic (exact) mass is 328 g/mol. The Morgan fingerprint density at radius 3 is 2.61 bits per heavy atom. The lowest BCUT2D eigenvalue weighted by molar-refractivity contribution is 0.0951. The number of hydrogen-bond acceptors (Lipinski definition) is 4. The van der Waals surface area contributed by atoms with Crippen molar-refractivity contribution in [2.75, 3.05) is 18.0 Å². The van der Waals surface area contributed by atoms with Gasteiger partial charge < -0.3 is 4.74 Å². The molecule has 2 aromatic carbocycles. The van der Waals surface area contributed by atoms with E-state index in [-0.39, 0.29) is 16.6 Å². The van der Waals surface area contributed by atoms with Crippen LogP contribution in [-0.4, -0.2) is 22.1 Å². The molecule has 3 rings (SSSR count). The number of ether oxygens (including phenoxy) is 1. The zero-order valence-corrected chi connectivity index (χ0v) is 13.5. The Balaban J connectivity index is 2.14. The van der Waals surface area contributed by atoms with Crippen molar-refractivity contribution in [3.05, 3.63) is 59.7 Å². The summed E-state index contributed by atoms with van der Waals surface area (Å²) >= 11 is 0. The predicted octanol–water partition coefficient (Wildman–Crippen LogP) is 2.84. The third kappa shape index (κ3) is 2.58. The molecule has 0 radical (unpaired) electrons. The first kappa shape index (κ1) is 15.5. The second-order valence-electron chi connectivity index (χ2n) is 5.26. The Kier molecular flexibility index (Phi) is 4.07. The van der Waals surface area contributed by atoms with Gasteiger partial charge in [-0.25, -0.2) is 8.42 Å². The Labute approximate surface area is 135 Å². The van der Waals surface area contributed by atoms with E-state index in [1.54, 1.807) is 31.4 Å². The lowest BCUT2D eigenvalue weighted by Crippen LogP contribution is -2.37. The Bertz CT molecular complexity index is 871. The van der Waals surface area contributed by atoms with Gasteiger partial charge >= 0.3 is 0 Å². The third-order valence-electron chi connectivity index (χ3n) is 4.01. The number of fused-ring (bicyclic) bond motifs is 1. The normalized spacial score (nSPS) is 17.4. The van der Waals surface area contributed by atoms with E-state index in [1.165, 1.54) is 16.4 Å². The van der Waals surface area contributed by atoms with Gasteiger partial charge in [0.15, 0.2) is 0 Å². The van der Waals surface area contributed by atoms with Crippen molar-refractivity contribution in [1.82, 2.24) is 0 Å². The summed E-state index contributed by atoms with van der Waals surface area (Å²) in [5, 5.41) is 9.20. The molecule has 6 heteroatoms. The number of hydrogen-bond donors (Lipinski definition) is 0. The zero-order chi connectivity index (χ0) is 16.4. The van der Waals surface area contributed by atoms with Crippen molar-refractivity contribution in [3.63, 3.8) is 0 Å². The van der Waals surface area contributed by atoms with Crippen molar-refractivity contribution in [1.29, 1.82) is 5.26 Å². The second kappa shape index (κ2) is 6.03. The first-order valence-corrected chi connectivity index (χ1v) is 8.67. The summed E-state index contributed by atoms with van der Waals surface area (Å²) in [7, 11) is -2.17. The van der Waals surface area contributed by atoms with E-state index in [9.17, 15) is 13.7 Å². The fraction of sp³-hybridized carbons (Fsp3) is 0.235. The van der Waals surface area contributed by atoms with E-state index >= 15 is 0 Å². The first-order valence-electron chi connectivity index (χ1n) is 7.23. The first-order chi connectivity index (χ1) is 11.1.